The van der Waals surface area contributed by atoms with Crippen LogP contribution >= 0.6 is 0 Å². The van der Waals surface area contributed by atoms with E-state index in [9.17, 15) is 17.6 Å². The monoisotopic (exact) mass is 236 g/mol. The minimum absolute atomic E-state index is 0.0586. The molecule has 16 heavy (non-hydrogen) atoms. The van der Waals surface area contributed by atoms with Gasteiger partial charge in [-0.2, -0.15) is 13.2 Å². The van der Waals surface area contributed by atoms with Crippen LogP contribution in [-0.2, 0) is 6.18 Å². The molecule has 0 fully saturated rings. The highest BCUT2D eigenvalue weighted by Gasteiger charge is 2.36. The highest BCUT2D eigenvalue weighted by Crippen LogP contribution is 2.38. The van der Waals surface area contributed by atoms with E-state index in [0.717, 1.165) is 12.1 Å². The van der Waals surface area contributed by atoms with Crippen molar-refractivity contribution in [2.24, 2.45) is 0 Å². The molecule has 1 aromatic rings. The normalized spacial score (nSPS) is 11.6. The van der Waals surface area contributed by atoms with Gasteiger partial charge in [0.2, 0.25) is 0 Å². The van der Waals surface area contributed by atoms with Crippen molar-refractivity contribution in [3.63, 3.8) is 0 Å². The molecule has 0 unspecified atom stereocenters. The third-order valence-corrected chi connectivity index (χ3v) is 1.94. The summed E-state index contributed by atoms with van der Waals surface area (Å²) < 4.78 is 55.9. The van der Waals surface area contributed by atoms with E-state index in [1.54, 1.807) is 6.92 Å². The van der Waals surface area contributed by atoms with Crippen molar-refractivity contribution >= 4 is 0 Å². The van der Waals surface area contributed by atoms with Crippen molar-refractivity contribution in [2.45, 2.75) is 26.4 Å². The van der Waals surface area contributed by atoms with Crippen molar-refractivity contribution in [3.05, 3.63) is 29.1 Å². The van der Waals surface area contributed by atoms with Crippen molar-refractivity contribution in [1.29, 1.82) is 0 Å². The van der Waals surface area contributed by atoms with Gasteiger partial charge in [0.1, 0.15) is 5.56 Å². The molecule has 0 bridgehead atoms. The topological polar surface area (TPSA) is 9.23 Å². The van der Waals surface area contributed by atoms with Crippen LogP contribution in [0.1, 0.15) is 24.5 Å². The zero-order chi connectivity index (χ0) is 12.3. The Morgan fingerprint density at radius 1 is 1.25 bits per heavy atom. The minimum Gasteiger partial charge on any atom is -0.490 e. The van der Waals surface area contributed by atoms with Crippen LogP contribution in [0.4, 0.5) is 17.6 Å². The fourth-order valence-electron chi connectivity index (χ4n) is 1.29. The van der Waals surface area contributed by atoms with Gasteiger partial charge in [0.25, 0.3) is 0 Å². The first-order valence-corrected chi connectivity index (χ1v) is 4.86. The van der Waals surface area contributed by atoms with Gasteiger partial charge >= 0.3 is 6.18 Å². The van der Waals surface area contributed by atoms with Crippen LogP contribution in [0.3, 0.4) is 0 Å². The molecule has 0 saturated carbocycles. The number of benzene rings is 1. The Labute approximate surface area is 91.0 Å². The first-order valence-electron chi connectivity index (χ1n) is 4.86. The molecule has 0 amide bonds. The average molecular weight is 236 g/mol. The summed E-state index contributed by atoms with van der Waals surface area (Å²) in [6, 6.07) is 1.91. The van der Waals surface area contributed by atoms with Gasteiger partial charge in [-0.15, -0.1) is 0 Å². The summed E-state index contributed by atoms with van der Waals surface area (Å²) in [5, 5.41) is 0. The number of aryl methyl sites for hydroxylation is 1. The van der Waals surface area contributed by atoms with Gasteiger partial charge in [0, 0.05) is 0 Å². The highest BCUT2D eigenvalue weighted by molar-refractivity contribution is 5.40. The quantitative estimate of drug-likeness (QED) is 0.722. The summed E-state index contributed by atoms with van der Waals surface area (Å²) >= 11 is 0. The molecule has 0 N–H and O–H groups in total. The molecule has 0 aliphatic rings. The molecule has 0 aliphatic carbocycles. The molecule has 5 heteroatoms. The van der Waals surface area contributed by atoms with Crippen LogP contribution in [0.15, 0.2) is 12.1 Å². The number of hydrogen-bond donors (Lipinski definition) is 0. The molecule has 0 aliphatic heterocycles. The van der Waals surface area contributed by atoms with Crippen molar-refractivity contribution in [1.82, 2.24) is 0 Å². The van der Waals surface area contributed by atoms with E-state index in [1.807, 2.05) is 0 Å². The molecule has 0 aromatic heterocycles. The second kappa shape index (κ2) is 4.72. The maximum absolute atomic E-state index is 13.3. The van der Waals surface area contributed by atoms with Gasteiger partial charge in [0.05, 0.1) is 6.61 Å². The number of ether oxygens (including phenoxy) is 1. The fourth-order valence-corrected chi connectivity index (χ4v) is 1.29. The third kappa shape index (κ3) is 2.87. The molecule has 1 aromatic carbocycles. The smallest absolute Gasteiger partial charge is 0.420 e. The lowest BCUT2D eigenvalue weighted by atomic mass is 10.1. The van der Waals surface area contributed by atoms with Gasteiger partial charge in [-0.05, 0) is 31.0 Å². The van der Waals surface area contributed by atoms with Crippen molar-refractivity contribution < 1.29 is 22.3 Å². The zero-order valence-electron chi connectivity index (χ0n) is 8.99. The third-order valence-electron chi connectivity index (χ3n) is 1.94. The molecular weight excluding hydrogens is 224 g/mol. The molecule has 1 nitrogen and oxygen atoms in total. The van der Waals surface area contributed by atoms with E-state index < -0.39 is 23.3 Å². The molecule has 0 heterocycles. The molecular formula is C11H12F4O. The van der Waals surface area contributed by atoms with Gasteiger partial charge in [-0.25, -0.2) is 4.39 Å². The summed E-state index contributed by atoms with van der Waals surface area (Å²) in [6.45, 7) is 3.20. The fraction of sp³-hybridized carbons (Fsp3) is 0.455. The van der Waals surface area contributed by atoms with E-state index in [2.05, 4.69) is 0 Å². The summed E-state index contributed by atoms with van der Waals surface area (Å²) in [5.74, 6) is -1.68. The van der Waals surface area contributed by atoms with Gasteiger partial charge in [-0.1, -0.05) is 6.92 Å². The summed E-state index contributed by atoms with van der Waals surface area (Å²) in [6.07, 6.45) is -4.08. The maximum Gasteiger partial charge on any atom is 0.420 e. The van der Waals surface area contributed by atoms with Gasteiger partial charge in [0.15, 0.2) is 11.6 Å². The number of alkyl halides is 3. The van der Waals surface area contributed by atoms with Crippen LogP contribution in [0.25, 0.3) is 0 Å². The molecule has 0 radical (unpaired) electrons. The predicted octanol–water partition coefficient (Wildman–Crippen LogP) is 3.94. The van der Waals surface area contributed by atoms with Crippen LogP contribution in [-0.4, -0.2) is 6.61 Å². The summed E-state index contributed by atoms with van der Waals surface area (Å²) in [4.78, 5) is 0. The van der Waals surface area contributed by atoms with E-state index in [0.29, 0.717) is 6.42 Å². The lowest BCUT2D eigenvalue weighted by Gasteiger charge is -2.15. The number of halogens is 4. The SMILES string of the molecule is CCCOc1c(F)cc(C)cc1C(F)(F)F. The Morgan fingerprint density at radius 3 is 2.38 bits per heavy atom. The minimum atomic E-state index is -4.60. The lowest BCUT2D eigenvalue weighted by molar-refractivity contribution is -0.139. The van der Waals surface area contributed by atoms with E-state index >= 15 is 0 Å². The van der Waals surface area contributed by atoms with E-state index in [1.165, 1.54) is 6.92 Å². The molecule has 0 spiro atoms. The summed E-state index contributed by atoms with van der Waals surface area (Å²) in [5.41, 5.74) is -0.841. The van der Waals surface area contributed by atoms with E-state index in [4.69, 9.17) is 4.74 Å². The highest BCUT2D eigenvalue weighted by atomic mass is 19.4. The van der Waals surface area contributed by atoms with E-state index in [-0.39, 0.29) is 12.2 Å². The van der Waals surface area contributed by atoms with Crippen LogP contribution < -0.4 is 4.74 Å². The van der Waals surface area contributed by atoms with Crippen LogP contribution in [0, 0.1) is 12.7 Å². The maximum atomic E-state index is 13.3. The van der Waals surface area contributed by atoms with Crippen molar-refractivity contribution in [3.8, 4) is 5.75 Å². The Morgan fingerprint density at radius 2 is 1.88 bits per heavy atom. The average Bonchev–Trinajstić information content (AvgIpc) is 2.14. The molecule has 1 rings (SSSR count). The first kappa shape index (κ1) is 12.8. The van der Waals surface area contributed by atoms with Gasteiger partial charge in [-0.3, -0.25) is 0 Å². The number of rotatable bonds is 3. The summed E-state index contributed by atoms with van der Waals surface area (Å²) in [7, 11) is 0. The Bertz CT molecular complexity index is 371. The zero-order valence-corrected chi connectivity index (χ0v) is 8.99. The van der Waals surface area contributed by atoms with Crippen LogP contribution in [0.2, 0.25) is 0 Å². The van der Waals surface area contributed by atoms with Crippen molar-refractivity contribution in [2.75, 3.05) is 6.61 Å². The Balaban J connectivity index is 3.21. The Kier molecular flexibility index (Phi) is 3.78. The second-order valence-electron chi connectivity index (χ2n) is 3.47. The second-order valence-corrected chi connectivity index (χ2v) is 3.47. The molecule has 90 valence electrons. The Hall–Kier alpha value is -1.26. The standard InChI is InChI=1S/C11H12F4O/c1-3-4-16-10-8(11(13,14)15)5-7(2)6-9(10)12/h5-6H,3-4H2,1-2H3. The first-order chi connectivity index (χ1) is 7.36. The van der Waals surface area contributed by atoms with Crippen LogP contribution in [0.5, 0.6) is 5.75 Å². The predicted molar refractivity (Wildman–Crippen MR) is 51.9 cm³/mol. The molecule has 0 atom stereocenters. The molecule has 0 saturated heterocycles. The largest absolute Gasteiger partial charge is 0.490 e. The van der Waals surface area contributed by atoms with Gasteiger partial charge < -0.3 is 4.74 Å². The lowest BCUT2D eigenvalue weighted by Crippen LogP contribution is -2.11. The number of hydrogen-bond acceptors (Lipinski definition) is 1.